The van der Waals surface area contributed by atoms with Crippen LogP contribution in [0.3, 0.4) is 0 Å². The molecule has 124 valence electrons. The number of fused-ring (bicyclic) bond motifs is 1. The molecule has 1 aliphatic rings. The van der Waals surface area contributed by atoms with Gasteiger partial charge in [-0.1, -0.05) is 6.42 Å². The Morgan fingerprint density at radius 3 is 2.87 bits per heavy atom. The molecule has 3 heterocycles. The second-order valence-electron chi connectivity index (χ2n) is 5.94. The third-order valence-corrected chi connectivity index (χ3v) is 4.36. The SMILES string of the molecule is CCn1c(N)nc2cc(C(=O)NCCN3CCCCC3)cnc21. The van der Waals surface area contributed by atoms with Gasteiger partial charge in [0.25, 0.3) is 5.91 Å². The Kier molecular flexibility index (Phi) is 4.76. The van der Waals surface area contributed by atoms with Gasteiger partial charge < -0.3 is 16.0 Å². The van der Waals surface area contributed by atoms with Gasteiger partial charge in [0.1, 0.15) is 5.52 Å². The molecule has 1 fully saturated rings. The summed E-state index contributed by atoms with van der Waals surface area (Å²) >= 11 is 0. The zero-order valence-corrected chi connectivity index (χ0v) is 13.6. The molecule has 0 saturated carbocycles. The summed E-state index contributed by atoms with van der Waals surface area (Å²) in [7, 11) is 0. The standard InChI is InChI=1S/C16H24N6O/c1-2-22-14-13(20-16(22)17)10-12(11-19-14)15(23)18-6-9-21-7-4-3-5-8-21/h10-11H,2-9H2,1H3,(H2,17,20)(H,18,23). The minimum atomic E-state index is -0.110. The fourth-order valence-corrected chi connectivity index (χ4v) is 3.08. The number of nitrogen functional groups attached to an aromatic ring is 1. The third kappa shape index (κ3) is 3.44. The first kappa shape index (κ1) is 15.7. The number of nitrogens with zero attached hydrogens (tertiary/aromatic N) is 4. The number of hydrogen-bond donors (Lipinski definition) is 2. The molecule has 3 N–H and O–H groups in total. The van der Waals surface area contributed by atoms with E-state index in [1.54, 1.807) is 12.3 Å². The van der Waals surface area contributed by atoms with Crippen molar-refractivity contribution in [1.82, 2.24) is 24.8 Å². The Morgan fingerprint density at radius 2 is 2.13 bits per heavy atom. The molecule has 1 saturated heterocycles. The topological polar surface area (TPSA) is 89.1 Å². The quantitative estimate of drug-likeness (QED) is 0.866. The summed E-state index contributed by atoms with van der Waals surface area (Å²) in [6, 6.07) is 1.75. The lowest BCUT2D eigenvalue weighted by molar-refractivity contribution is 0.0946. The van der Waals surface area contributed by atoms with E-state index in [0.717, 1.165) is 25.3 Å². The molecule has 7 nitrogen and oxygen atoms in total. The summed E-state index contributed by atoms with van der Waals surface area (Å²) in [6.07, 6.45) is 5.43. The Morgan fingerprint density at radius 1 is 1.35 bits per heavy atom. The highest BCUT2D eigenvalue weighted by atomic mass is 16.1. The van der Waals surface area contributed by atoms with Crippen LogP contribution in [0.25, 0.3) is 11.2 Å². The number of piperidine rings is 1. The summed E-state index contributed by atoms with van der Waals surface area (Å²) < 4.78 is 1.83. The van der Waals surface area contributed by atoms with Crippen molar-refractivity contribution in [3.05, 3.63) is 17.8 Å². The first-order chi connectivity index (χ1) is 11.2. The number of pyridine rings is 1. The maximum Gasteiger partial charge on any atom is 0.252 e. The zero-order valence-electron chi connectivity index (χ0n) is 13.6. The normalized spacial score (nSPS) is 15.9. The van der Waals surface area contributed by atoms with E-state index in [1.165, 1.54) is 19.3 Å². The molecule has 7 heteroatoms. The number of nitrogens with one attached hydrogen (secondary N) is 1. The average molecular weight is 316 g/mol. The van der Waals surface area contributed by atoms with Crippen LogP contribution in [0, 0.1) is 0 Å². The van der Waals surface area contributed by atoms with E-state index in [2.05, 4.69) is 20.2 Å². The average Bonchev–Trinajstić information content (AvgIpc) is 2.89. The van der Waals surface area contributed by atoms with Crippen LogP contribution in [0.5, 0.6) is 0 Å². The molecule has 3 rings (SSSR count). The van der Waals surface area contributed by atoms with Crippen LogP contribution in [-0.4, -0.2) is 51.5 Å². The number of carbonyl (C=O) groups excluding carboxylic acids is 1. The molecule has 2 aromatic heterocycles. The highest BCUT2D eigenvalue weighted by molar-refractivity contribution is 5.96. The lowest BCUT2D eigenvalue weighted by Crippen LogP contribution is -2.37. The van der Waals surface area contributed by atoms with Crippen LogP contribution in [0.4, 0.5) is 5.95 Å². The van der Waals surface area contributed by atoms with E-state index in [9.17, 15) is 4.79 Å². The number of nitrogens with two attached hydrogens (primary N) is 1. The summed E-state index contributed by atoms with van der Waals surface area (Å²) in [5.41, 5.74) is 7.76. The van der Waals surface area contributed by atoms with E-state index in [-0.39, 0.29) is 5.91 Å². The van der Waals surface area contributed by atoms with Crippen molar-refractivity contribution in [3.63, 3.8) is 0 Å². The molecule has 0 radical (unpaired) electrons. The number of carbonyl (C=O) groups is 1. The van der Waals surface area contributed by atoms with Crippen LogP contribution in [0.2, 0.25) is 0 Å². The molecule has 1 aliphatic heterocycles. The third-order valence-electron chi connectivity index (χ3n) is 4.36. The molecule has 23 heavy (non-hydrogen) atoms. The molecule has 1 amide bonds. The van der Waals surface area contributed by atoms with E-state index in [0.29, 0.717) is 30.1 Å². The number of imidazole rings is 1. The van der Waals surface area contributed by atoms with Gasteiger partial charge in [0.15, 0.2) is 5.65 Å². The minimum Gasteiger partial charge on any atom is -0.369 e. The van der Waals surface area contributed by atoms with Crippen molar-refractivity contribution in [2.45, 2.75) is 32.7 Å². The van der Waals surface area contributed by atoms with Gasteiger partial charge in [-0.05, 0) is 38.9 Å². The first-order valence-corrected chi connectivity index (χ1v) is 8.31. The van der Waals surface area contributed by atoms with Crippen LogP contribution < -0.4 is 11.1 Å². The Hall–Kier alpha value is -2.15. The summed E-state index contributed by atoms with van der Waals surface area (Å²) in [5.74, 6) is 0.318. The van der Waals surface area contributed by atoms with Crippen molar-refractivity contribution in [3.8, 4) is 0 Å². The monoisotopic (exact) mass is 316 g/mol. The predicted molar refractivity (Wildman–Crippen MR) is 90.2 cm³/mol. The lowest BCUT2D eigenvalue weighted by Gasteiger charge is -2.26. The van der Waals surface area contributed by atoms with E-state index in [4.69, 9.17) is 5.73 Å². The summed E-state index contributed by atoms with van der Waals surface area (Å²) in [4.78, 5) is 23.3. The number of aryl methyl sites for hydroxylation is 1. The highest BCUT2D eigenvalue weighted by Gasteiger charge is 2.13. The Labute approximate surface area is 135 Å². The number of rotatable bonds is 5. The van der Waals surface area contributed by atoms with Crippen molar-refractivity contribution >= 4 is 23.0 Å². The summed E-state index contributed by atoms with van der Waals surface area (Å²) in [6.45, 7) is 6.52. The maximum atomic E-state index is 12.3. The van der Waals surface area contributed by atoms with E-state index < -0.39 is 0 Å². The van der Waals surface area contributed by atoms with Gasteiger partial charge in [-0.3, -0.25) is 9.36 Å². The number of likely N-dealkylation sites (tertiary alicyclic amines) is 1. The van der Waals surface area contributed by atoms with Gasteiger partial charge >= 0.3 is 0 Å². The van der Waals surface area contributed by atoms with Crippen molar-refractivity contribution in [2.24, 2.45) is 0 Å². The summed E-state index contributed by atoms with van der Waals surface area (Å²) in [5, 5.41) is 2.96. The number of amides is 1. The van der Waals surface area contributed by atoms with Crippen molar-refractivity contribution < 1.29 is 4.79 Å². The van der Waals surface area contributed by atoms with Gasteiger partial charge in [-0.2, -0.15) is 0 Å². The van der Waals surface area contributed by atoms with Gasteiger partial charge in [-0.15, -0.1) is 0 Å². The molecule has 0 bridgehead atoms. The maximum absolute atomic E-state index is 12.3. The van der Waals surface area contributed by atoms with E-state index >= 15 is 0 Å². The van der Waals surface area contributed by atoms with Crippen LogP contribution in [0.15, 0.2) is 12.3 Å². The molecule has 2 aromatic rings. The number of anilines is 1. The fourth-order valence-electron chi connectivity index (χ4n) is 3.08. The molecular weight excluding hydrogens is 292 g/mol. The molecular formula is C16H24N6O. The van der Waals surface area contributed by atoms with Crippen LogP contribution >= 0.6 is 0 Å². The predicted octanol–water partition coefficient (Wildman–Crippen LogP) is 1.25. The largest absolute Gasteiger partial charge is 0.369 e. The van der Waals surface area contributed by atoms with Gasteiger partial charge in [0, 0.05) is 25.8 Å². The van der Waals surface area contributed by atoms with Gasteiger partial charge in [0.2, 0.25) is 5.95 Å². The minimum absolute atomic E-state index is 0.110. The zero-order chi connectivity index (χ0) is 16.2. The fraction of sp³-hybridized carbons (Fsp3) is 0.562. The Balaban J connectivity index is 1.61. The van der Waals surface area contributed by atoms with Crippen molar-refractivity contribution in [2.75, 3.05) is 31.9 Å². The smallest absolute Gasteiger partial charge is 0.252 e. The van der Waals surface area contributed by atoms with Crippen LogP contribution in [-0.2, 0) is 6.54 Å². The lowest BCUT2D eigenvalue weighted by atomic mass is 10.1. The van der Waals surface area contributed by atoms with Gasteiger partial charge in [-0.25, -0.2) is 9.97 Å². The van der Waals surface area contributed by atoms with Crippen molar-refractivity contribution in [1.29, 1.82) is 0 Å². The number of aromatic nitrogens is 3. The number of hydrogen-bond acceptors (Lipinski definition) is 5. The van der Waals surface area contributed by atoms with Crippen LogP contribution in [0.1, 0.15) is 36.5 Å². The second kappa shape index (κ2) is 6.95. The second-order valence-corrected chi connectivity index (χ2v) is 5.94. The molecule has 0 spiro atoms. The first-order valence-electron chi connectivity index (χ1n) is 8.31. The molecule has 0 aromatic carbocycles. The Bertz CT molecular complexity index is 689. The molecule has 0 aliphatic carbocycles. The van der Waals surface area contributed by atoms with Gasteiger partial charge in [0.05, 0.1) is 5.56 Å². The molecule has 0 atom stereocenters. The molecule has 0 unspecified atom stereocenters. The highest BCUT2D eigenvalue weighted by Crippen LogP contribution is 2.16. The van der Waals surface area contributed by atoms with E-state index in [1.807, 2.05) is 11.5 Å².